The molecule has 4 nitrogen and oxygen atoms in total. The first-order valence-electron chi connectivity index (χ1n) is 22.0. The van der Waals surface area contributed by atoms with Crippen LogP contribution in [0.5, 0.6) is 11.5 Å². The summed E-state index contributed by atoms with van der Waals surface area (Å²) in [6, 6.07) is 72.2. The highest BCUT2D eigenvalue weighted by Crippen LogP contribution is 2.58. The molecule has 0 N–H and O–H groups in total. The Morgan fingerprint density at radius 1 is 0.365 bits per heavy atom. The molecule has 302 valence electrons. The van der Waals surface area contributed by atoms with Crippen molar-refractivity contribution >= 4 is 43.1 Å². The molecular formula is C59H42O4. The lowest BCUT2D eigenvalue weighted by molar-refractivity contribution is 0.263. The summed E-state index contributed by atoms with van der Waals surface area (Å²) in [5, 5.41) is 9.54. The highest BCUT2D eigenvalue weighted by molar-refractivity contribution is 5.96. The van der Waals surface area contributed by atoms with E-state index < -0.39 is 5.41 Å². The molecule has 2 heterocycles. The van der Waals surface area contributed by atoms with Crippen LogP contribution in [-0.2, 0) is 14.9 Å². The van der Waals surface area contributed by atoms with Gasteiger partial charge in [0.2, 0.25) is 0 Å². The molecule has 0 aromatic heterocycles. The Morgan fingerprint density at radius 3 is 1.19 bits per heavy atom. The Labute approximate surface area is 365 Å². The quantitative estimate of drug-likeness (QED) is 0.129. The minimum atomic E-state index is -0.677. The maximum atomic E-state index is 6.15. The van der Waals surface area contributed by atoms with E-state index in [1.165, 1.54) is 77.2 Å². The second-order valence-corrected chi connectivity index (χ2v) is 17.4. The zero-order valence-electron chi connectivity index (χ0n) is 34.6. The Hall–Kier alpha value is -7.24. The van der Waals surface area contributed by atoms with Gasteiger partial charge < -0.3 is 18.9 Å². The van der Waals surface area contributed by atoms with Gasteiger partial charge in [0.05, 0.1) is 18.6 Å². The third-order valence-electron chi connectivity index (χ3n) is 13.5. The Bertz CT molecular complexity index is 3220. The SMILES string of the molecule is c1ccc2cc(-c3ccc4c(c3)C(c3ccc5cc(OCC6CO6)ccc5c3)(c3ccc5cc(OCC6CO6)ccc5c3)c3cc(-c5ccc6ccccc6c5)ccc3-4)ccc2c1. The van der Waals surface area contributed by atoms with Gasteiger partial charge in [0.25, 0.3) is 0 Å². The van der Waals surface area contributed by atoms with Gasteiger partial charge in [-0.25, -0.2) is 0 Å². The molecule has 4 heteroatoms. The normalized spacial score (nSPS) is 16.9. The van der Waals surface area contributed by atoms with E-state index in [1.54, 1.807) is 0 Å². The van der Waals surface area contributed by atoms with Gasteiger partial charge >= 0.3 is 0 Å². The first-order chi connectivity index (χ1) is 31.1. The van der Waals surface area contributed by atoms with Crippen molar-refractivity contribution < 1.29 is 18.9 Å². The van der Waals surface area contributed by atoms with Crippen molar-refractivity contribution in [3.63, 3.8) is 0 Å². The molecule has 0 amide bonds. The topological polar surface area (TPSA) is 43.5 Å². The van der Waals surface area contributed by atoms with Crippen LogP contribution in [0.1, 0.15) is 22.3 Å². The van der Waals surface area contributed by atoms with Crippen molar-refractivity contribution in [3.05, 3.63) is 216 Å². The van der Waals surface area contributed by atoms with Crippen LogP contribution in [0.15, 0.2) is 194 Å². The predicted molar refractivity (Wildman–Crippen MR) is 255 cm³/mol. The van der Waals surface area contributed by atoms with Crippen molar-refractivity contribution in [3.8, 4) is 44.9 Å². The molecule has 0 saturated carbocycles. The fourth-order valence-corrected chi connectivity index (χ4v) is 10.0. The van der Waals surface area contributed by atoms with Gasteiger partial charge in [0.1, 0.15) is 36.9 Å². The molecule has 0 radical (unpaired) electrons. The van der Waals surface area contributed by atoms with Crippen molar-refractivity contribution in [2.75, 3.05) is 26.4 Å². The molecular weight excluding hydrogens is 773 g/mol. The summed E-state index contributed by atoms with van der Waals surface area (Å²) in [6.07, 6.45) is 0.394. The van der Waals surface area contributed by atoms with E-state index in [-0.39, 0.29) is 12.2 Å². The number of fused-ring (bicyclic) bond motifs is 7. The average molecular weight is 815 g/mol. The zero-order valence-corrected chi connectivity index (χ0v) is 34.6. The molecule has 3 aliphatic rings. The first kappa shape index (κ1) is 36.4. The van der Waals surface area contributed by atoms with Gasteiger partial charge in [-0.15, -0.1) is 0 Å². The Balaban J connectivity index is 1.05. The van der Waals surface area contributed by atoms with Gasteiger partial charge in [-0.3, -0.25) is 0 Å². The Kier molecular flexibility index (Phi) is 8.34. The second kappa shape index (κ2) is 14.4. The van der Waals surface area contributed by atoms with Gasteiger partial charge in [0, 0.05) is 0 Å². The summed E-state index contributed by atoms with van der Waals surface area (Å²) < 4.78 is 23.2. The lowest BCUT2D eigenvalue weighted by Crippen LogP contribution is -2.28. The molecule has 2 unspecified atom stereocenters. The van der Waals surface area contributed by atoms with Crippen LogP contribution < -0.4 is 9.47 Å². The minimum absolute atomic E-state index is 0.197. The molecule has 10 aromatic rings. The van der Waals surface area contributed by atoms with Crippen molar-refractivity contribution in [1.82, 2.24) is 0 Å². The Morgan fingerprint density at radius 2 is 0.730 bits per heavy atom. The van der Waals surface area contributed by atoms with Crippen LogP contribution in [0.2, 0.25) is 0 Å². The third-order valence-corrected chi connectivity index (χ3v) is 13.5. The molecule has 10 aromatic carbocycles. The van der Waals surface area contributed by atoms with Crippen LogP contribution in [0.4, 0.5) is 0 Å². The molecule has 2 fully saturated rings. The van der Waals surface area contributed by atoms with E-state index in [4.69, 9.17) is 18.9 Å². The van der Waals surface area contributed by atoms with E-state index in [0.29, 0.717) is 13.2 Å². The largest absolute Gasteiger partial charge is 0.491 e. The summed E-state index contributed by atoms with van der Waals surface area (Å²) in [4.78, 5) is 0. The van der Waals surface area contributed by atoms with Crippen LogP contribution in [-0.4, -0.2) is 38.6 Å². The van der Waals surface area contributed by atoms with Crippen molar-refractivity contribution in [2.24, 2.45) is 0 Å². The van der Waals surface area contributed by atoms with Crippen LogP contribution in [0.25, 0.3) is 76.5 Å². The van der Waals surface area contributed by atoms with Crippen molar-refractivity contribution in [2.45, 2.75) is 17.6 Å². The summed E-state index contributed by atoms with van der Waals surface area (Å²) in [6.45, 7) is 2.69. The van der Waals surface area contributed by atoms with Crippen LogP contribution in [0, 0.1) is 0 Å². The molecule has 2 aliphatic heterocycles. The third kappa shape index (κ3) is 6.36. The number of hydrogen-bond acceptors (Lipinski definition) is 4. The fraction of sp³-hybridized carbons (Fsp3) is 0.119. The molecule has 2 atom stereocenters. The van der Waals surface area contributed by atoms with Crippen molar-refractivity contribution in [1.29, 1.82) is 0 Å². The molecule has 2 saturated heterocycles. The zero-order chi connectivity index (χ0) is 41.5. The summed E-state index contributed by atoms with van der Waals surface area (Å²) in [5.41, 5.74) is 11.6. The minimum Gasteiger partial charge on any atom is -0.491 e. The number of rotatable bonds is 10. The smallest absolute Gasteiger partial charge is 0.120 e. The highest BCUT2D eigenvalue weighted by Gasteiger charge is 2.47. The maximum absolute atomic E-state index is 6.15. The van der Waals surface area contributed by atoms with E-state index in [1.807, 2.05) is 0 Å². The highest BCUT2D eigenvalue weighted by atomic mass is 16.6. The summed E-state index contributed by atoms with van der Waals surface area (Å²) in [7, 11) is 0. The monoisotopic (exact) mass is 814 g/mol. The van der Waals surface area contributed by atoms with Gasteiger partial charge in [-0.05, 0) is 159 Å². The maximum Gasteiger partial charge on any atom is 0.120 e. The van der Waals surface area contributed by atoms with Gasteiger partial charge in [0.15, 0.2) is 0 Å². The number of epoxide rings is 2. The number of hydrogen-bond donors (Lipinski definition) is 0. The molecule has 63 heavy (non-hydrogen) atoms. The van der Waals surface area contributed by atoms with E-state index >= 15 is 0 Å². The average Bonchev–Trinajstić information content (AvgIpc) is 4.30. The molecule has 1 aliphatic carbocycles. The van der Waals surface area contributed by atoms with Crippen LogP contribution >= 0.6 is 0 Å². The molecule has 0 bridgehead atoms. The van der Waals surface area contributed by atoms with Crippen LogP contribution in [0.3, 0.4) is 0 Å². The van der Waals surface area contributed by atoms with E-state index in [9.17, 15) is 0 Å². The first-order valence-corrected chi connectivity index (χ1v) is 22.0. The van der Waals surface area contributed by atoms with E-state index in [2.05, 4.69) is 194 Å². The molecule has 13 rings (SSSR count). The van der Waals surface area contributed by atoms with E-state index in [0.717, 1.165) is 46.3 Å². The number of benzene rings is 10. The van der Waals surface area contributed by atoms with Gasteiger partial charge in [-0.2, -0.15) is 0 Å². The summed E-state index contributed by atoms with van der Waals surface area (Å²) >= 11 is 0. The second-order valence-electron chi connectivity index (χ2n) is 17.4. The predicted octanol–water partition coefficient (Wildman–Crippen LogP) is 13.6. The number of ether oxygens (including phenoxy) is 4. The fourth-order valence-electron chi connectivity index (χ4n) is 10.0. The van der Waals surface area contributed by atoms with Gasteiger partial charge in [-0.1, -0.05) is 133 Å². The molecule has 0 spiro atoms. The lowest BCUT2D eigenvalue weighted by Gasteiger charge is -2.35. The standard InChI is InChI=1S/C59H42O4/c1-3-7-39-25-41(11-9-37(39)5-1)47-17-23-55-56-24-18-48(42-12-10-38-6-2-4-8-40(38)26-42)32-58(56)59(57(55)31-47,49-19-13-45-29-51(21-15-43(45)27-49)60-33-53-35-62-53)50-20-14-46-30-52(22-16-44(46)28-50)61-34-54-36-63-54/h1-32,53-54H,33-36H2. The lowest BCUT2D eigenvalue weighted by atomic mass is 9.66. The summed E-state index contributed by atoms with van der Waals surface area (Å²) in [5.74, 6) is 1.72.